The SMILES string of the molecule is CCCN(CCC)C(=O)[C@@H]1CCN2C(=O)C(C(=O)C3CC=C[C@H]4CCCC[C@H]34)=C[C@]12O. The van der Waals surface area contributed by atoms with Crippen molar-refractivity contribution in [2.24, 2.45) is 23.7 Å². The predicted octanol–water partition coefficient (Wildman–Crippen LogP) is 3.06. The summed E-state index contributed by atoms with van der Waals surface area (Å²) < 4.78 is 0. The molecule has 0 bridgehead atoms. The summed E-state index contributed by atoms with van der Waals surface area (Å²) in [6.07, 6.45) is 13.0. The number of Topliss-reactive ketones (excluding diaryl/α,β-unsaturated/α-hetero) is 1. The Morgan fingerprint density at radius 2 is 1.87 bits per heavy atom. The van der Waals surface area contributed by atoms with Crippen LogP contribution in [0.15, 0.2) is 23.8 Å². The quantitative estimate of drug-likeness (QED) is 0.499. The van der Waals surface area contributed by atoms with Crippen LogP contribution in [0.5, 0.6) is 0 Å². The average molecular weight is 429 g/mol. The molecule has 4 rings (SSSR count). The number of hydrogen-bond acceptors (Lipinski definition) is 4. The highest BCUT2D eigenvalue weighted by Gasteiger charge is 2.58. The van der Waals surface area contributed by atoms with Crippen LogP contribution in [0.4, 0.5) is 0 Å². The highest BCUT2D eigenvalue weighted by atomic mass is 16.3. The third kappa shape index (κ3) is 3.77. The number of carbonyl (C=O) groups is 3. The number of fused-ring (bicyclic) bond motifs is 2. The lowest BCUT2D eigenvalue weighted by Crippen LogP contribution is -2.51. The smallest absolute Gasteiger partial charge is 0.259 e. The van der Waals surface area contributed by atoms with E-state index in [0.29, 0.717) is 38.4 Å². The molecule has 6 heteroatoms. The van der Waals surface area contributed by atoms with Crippen molar-refractivity contribution in [3.8, 4) is 0 Å². The molecular weight excluding hydrogens is 392 g/mol. The zero-order chi connectivity index (χ0) is 22.2. The van der Waals surface area contributed by atoms with E-state index in [1.165, 1.54) is 17.4 Å². The van der Waals surface area contributed by atoms with E-state index in [9.17, 15) is 19.5 Å². The molecule has 0 aromatic rings. The van der Waals surface area contributed by atoms with Crippen LogP contribution in [0.25, 0.3) is 0 Å². The minimum absolute atomic E-state index is 0.0992. The summed E-state index contributed by atoms with van der Waals surface area (Å²) >= 11 is 0. The number of hydrogen-bond donors (Lipinski definition) is 1. The Labute approximate surface area is 185 Å². The van der Waals surface area contributed by atoms with E-state index in [0.717, 1.165) is 32.1 Å². The number of ketones is 1. The van der Waals surface area contributed by atoms with Crippen molar-refractivity contribution >= 4 is 17.6 Å². The summed E-state index contributed by atoms with van der Waals surface area (Å²) in [5.41, 5.74) is -1.57. The van der Waals surface area contributed by atoms with Gasteiger partial charge in [0.15, 0.2) is 11.5 Å². The summed E-state index contributed by atoms with van der Waals surface area (Å²) in [5.74, 6) is -0.844. The van der Waals surface area contributed by atoms with E-state index in [1.807, 2.05) is 13.8 Å². The molecule has 1 saturated heterocycles. The summed E-state index contributed by atoms with van der Waals surface area (Å²) in [5, 5.41) is 11.5. The number of amides is 2. The molecule has 2 fully saturated rings. The zero-order valence-electron chi connectivity index (χ0n) is 18.9. The number of allylic oxidation sites excluding steroid dienone is 2. The molecule has 1 saturated carbocycles. The molecule has 2 aliphatic heterocycles. The molecule has 6 nitrogen and oxygen atoms in total. The van der Waals surface area contributed by atoms with E-state index in [2.05, 4.69) is 12.2 Å². The molecule has 0 aromatic heterocycles. The number of nitrogens with zero attached hydrogens (tertiary/aromatic N) is 2. The van der Waals surface area contributed by atoms with Gasteiger partial charge in [0, 0.05) is 25.6 Å². The number of carbonyl (C=O) groups excluding carboxylic acids is 3. The van der Waals surface area contributed by atoms with Crippen molar-refractivity contribution in [2.75, 3.05) is 19.6 Å². The topological polar surface area (TPSA) is 77.9 Å². The second kappa shape index (κ2) is 8.89. The molecule has 0 aromatic carbocycles. The first-order valence-corrected chi connectivity index (χ1v) is 12.2. The largest absolute Gasteiger partial charge is 0.366 e. The molecule has 1 N–H and O–H groups in total. The van der Waals surface area contributed by atoms with Gasteiger partial charge in [-0.1, -0.05) is 38.8 Å². The average Bonchev–Trinajstić information content (AvgIpc) is 3.24. The first-order chi connectivity index (χ1) is 14.9. The van der Waals surface area contributed by atoms with Gasteiger partial charge in [0.25, 0.3) is 5.91 Å². The van der Waals surface area contributed by atoms with Crippen LogP contribution in [0, 0.1) is 23.7 Å². The maximum atomic E-state index is 13.5. The van der Waals surface area contributed by atoms with E-state index < -0.39 is 17.6 Å². The van der Waals surface area contributed by atoms with Gasteiger partial charge in [0.1, 0.15) is 0 Å². The summed E-state index contributed by atoms with van der Waals surface area (Å²) in [7, 11) is 0. The molecule has 31 heavy (non-hydrogen) atoms. The fraction of sp³-hybridized carbons (Fsp3) is 0.720. The maximum absolute atomic E-state index is 13.5. The highest BCUT2D eigenvalue weighted by Crippen LogP contribution is 2.45. The molecule has 0 spiro atoms. The lowest BCUT2D eigenvalue weighted by molar-refractivity contribution is -0.152. The molecule has 2 amide bonds. The van der Waals surface area contributed by atoms with Gasteiger partial charge >= 0.3 is 0 Å². The second-order valence-electron chi connectivity index (χ2n) is 9.71. The van der Waals surface area contributed by atoms with Crippen molar-refractivity contribution in [1.82, 2.24) is 9.80 Å². The molecule has 2 aliphatic carbocycles. The molecule has 2 heterocycles. The van der Waals surface area contributed by atoms with Crippen molar-refractivity contribution in [2.45, 2.75) is 70.9 Å². The maximum Gasteiger partial charge on any atom is 0.259 e. The van der Waals surface area contributed by atoms with Crippen LogP contribution < -0.4 is 0 Å². The minimum atomic E-state index is -1.67. The monoisotopic (exact) mass is 428 g/mol. The lowest BCUT2D eigenvalue weighted by Gasteiger charge is -2.37. The molecular formula is C25H36N2O4. The highest BCUT2D eigenvalue weighted by molar-refractivity contribution is 6.22. The summed E-state index contributed by atoms with van der Waals surface area (Å²) in [6, 6.07) is 0. The van der Waals surface area contributed by atoms with Gasteiger partial charge in [0.05, 0.1) is 11.5 Å². The number of rotatable bonds is 7. The van der Waals surface area contributed by atoms with Gasteiger partial charge in [-0.25, -0.2) is 0 Å². The Morgan fingerprint density at radius 3 is 2.58 bits per heavy atom. The standard InChI is InChI=1S/C25H36N2O4/c1-3-13-26(14-4-2)24(30)21-12-15-27-23(29)20(16-25(21,27)31)22(28)19-11-7-9-17-8-5-6-10-18(17)19/h7,9,16-19,21,31H,3-6,8,10-15H2,1-2H3/t17-,18+,19?,21+,25+/m1/s1. The molecule has 0 radical (unpaired) electrons. The van der Waals surface area contributed by atoms with Crippen molar-refractivity contribution in [3.05, 3.63) is 23.8 Å². The fourth-order valence-electron chi connectivity index (χ4n) is 6.28. The lowest BCUT2D eigenvalue weighted by atomic mass is 9.66. The Hall–Kier alpha value is -1.95. The predicted molar refractivity (Wildman–Crippen MR) is 118 cm³/mol. The van der Waals surface area contributed by atoms with E-state index >= 15 is 0 Å². The summed E-state index contributed by atoms with van der Waals surface area (Å²) in [6.45, 7) is 5.64. The third-order valence-electron chi connectivity index (χ3n) is 7.78. The van der Waals surface area contributed by atoms with Gasteiger partial charge in [-0.15, -0.1) is 0 Å². The van der Waals surface area contributed by atoms with Gasteiger partial charge < -0.3 is 14.9 Å². The normalized spacial score (nSPS) is 34.4. The Balaban J connectivity index is 1.58. The second-order valence-corrected chi connectivity index (χ2v) is 9.71. The van der Waals surface area contributed by atoms with Gasteiger partial charge in [-0.2, -0.15) is 0 Å². The van der Waals surface area contributed by atoms with Crippen LogP contribution in [0.1, 0.15) is 65.2 Å². The van der Waals surface area contributed by atoms with Crippen LogP contribution >= 0.6 is 0 Å². The minimum Gasteiger partial charge on any atom is -0.366 e. The summed E-state index contributed by atoms with van der Waals surface area (Å²) in [4.78, 5) is 43.1. The van der Waals surface area contributed by atoms with Crippen LogP contribution in [-0.2, 0) is 14.4 Å². The van der Waals surface area contributed by atoms with Crippen molar-refractivity contribution in [1.29, 1.82) is 0 Å². The van der Waals surface area contributed by atoms with E-state index in [1.54, 1.807) is 4.90 Å². The van der Waals surface area contributed by atoms with Crippen LogP contribution in [0.3, 0.4) is 0 Å². The Bertz CT molecular complexity index is 797. The molecule has 1 unspecified atom stereocenters. The van der Waals surface area contributed by atoms with E-state index in [4.69, 9.17) is 0 Å². The van der Waals surface area contributed by atoms with Crippen molar-refractivity contribution in [3.63, 3.8) is 0 Å². The van der Waals surface area contributed by atoms with Crippen molar-refractivity contribution < 1.29 is 19.5 Å². The fourth-order valence-corrected chi connectivity index (χ4v) is 6.28. The Kier molecular flexibility index (Phi) is 6.38. The zero-order valence-corrected chi connectivity index (χ0v) is 18.9. The first kappa shape index (κ1) is 22.3. The van der Waals surface area contributed by atoms with E-state index in [-0.39, 0.29) is 29.1 Å². The third-order valence-corrected chi connectivity index (χ3v) is 7.78. The molecule has 5 atom stereocenters. The Morgan fingerprint density at radius 1 is 1.16 bits per heavy atom. The van der Waals surface area contributed by atoms with Crippen LogP contribution in [0.2, 0.25) is 0 Å². The number of aliphatic hydroxyl groups is 1. The van der Waals surface area contributed by atoms with Gasteiger partial charge in [-0.3, -0.25) is 14.4 Å². The molecule has 170 valence electrons. The van der Waals surface area contributed by atoms with Gasteiger partial charge in [-0.05, 0) is 56.4 Å². The molecule has 4 aliphatic rings. The van der Waals surface area contributed by atoms with Crippen LogP contribution in [-0.4, -0.2) is 57.9 Å². The first-order valence-electron chi connectivity index (χ1n) is 12.2. The van der Waals surface area contributed by atoms with Gasteiger partial charge in [0.2, 0.25) is 5.91 Å².